The minimum absolute atomic E-state index is 0.904. The lowest BCUT2D eigenvalue weighted by molar-refractivity contribution is -0.153. The molecule has 1 aliphatic rings. The molecule has 2 nitrogen and oxygen atoms in total. The molecule has 1 aliphatic heterocycles. The zero-order chi connectivity index (χ0) is 7.94. The Labute approximate surface area is 73.2 Å². The van der Waals surface area contributed by atoms with Gasteiger partial charge in [-0.1, -0.05) is 13.3 Å². The van der Waals surface area contributed by atoms with Crippen LogP contribution in [0.3, 0.4) is 0 Å². The van der Waals surface area contributed by atoms with Crippen LogP contribution in [0.1, 0.15) is 19.8 Å². The van der Waals surface area contributed by atoms with Crippen molar-refractivity contribution in [3.63, 3.8) is 0 Å². The van der Waals surface area contributed by atoms with E-state index in [2.05, 4.69) is 12.0 Å². The predicted molar refractivity (Wildman–Crippen MR) is 49.8 cm³/mol. The lowest BCUT2D eigenvalue weighted by Gasteiger charge is -2.25. The summed E-state index contributed by atoms with van der Waals surface area (Å²) in [5.41, 5.74) is 0. The van der Waals surface area contributed by atoms with Crippen LogP contribution in [0.25, 0.3) is 0 Å². The Bertz CT molecular complexity index is 94.1. The van der Waals surface area contributed by atoms with Crippen LogP contribution in [0.15, 0.2) is 0 Å². The molecule has 11 heavy (non-hydrogen) atoms. The van der Waals surface area contributed by atoms with Gasteiger partial charge in [-0.15, -0.1) is 0 Å². The van der Waals surface area contributed by atoms with Crippen molar-refractivity contribution >= 4 is 11.8 Å². The van der Waals surface area contributed by atoms with Gasteiger partial charge in [-0.25, -0.2) is 0 Å². The number of unbranched alkanes of at least 4 members (excludes halogenated alkanes) is 1. The predicted octanol–water partition coefficient (Wildman–Crippen LogP) is 1.77. The fraction of sp³-hybridized carbons (Fsp3) is 1.00. The molecule has 0 N–H and O–H groups in total. The SMILES string of the molecule is CCCCON1CCSCC1. The van der Waals surface area contributed by atoms with E-state index < -0.39 is 0 Å². The van der Waals surface area contributed by atoms with E-state index in [-0.39, 0.29) is 0 Å². The van der Waals surface area contributed by atoms with E-state index in [1.807, 2.05) is 11.8 Å². The van der Waals surface area contributed by atoms with Crippen molar-refractivity contribution in [3.8, 4) is 0 Å². The molecule has 0 radical (unpaired) electrons. The quantitative estimate of drug-likeness (QED) is 0.604. The van der Waals surface area contributed by atoms with Gasteiger partial charge >= 0.3 is 0 Å². The summed E-state index contributed by atoms with van der Waals surface area (Å²) in [4.78, 5) is 5.54. The molecule has 0 atom stereocenters. The van der Waals surface area contributed by atoms with Crippen molar-refractivity contribution in [2.75, 3.05) is 31.2 Å². The molecule has 0 bridgehead atoms. The van der Waals surface area contributed by atoms with Crippen LogP contribution in [0, 0.1) is 0 Å². The molecule has 0 saturated carbocycles. The van der Waals surface area contributed by atoms with Crippen LogP contribution in [-0.4, -0.2) is 36.3 Å². The first-order valence-corrected chi connectivity index (χ1v) is 5.54. The average molecular weight is 175 g/mol. The molecule has 1 rings (SSSR count). The van der Waals surface area contributed by atoms with Crippen molar-refractivity contribution in [2.45, 2.75) is 19.8 Å². The van der Waals surface area contributed by atoms with Crippen LogP contribution < -0.4 is 0 Å². The first-order chi connectivity index (χ1) is 5.43. The number of hydroxylamine groups is 2. The highest BCUT2D eigenvalue weighted by atomic mass is 32.2. The van der Waals surface area contributed by atoms with E-state index in [1.165, 1.54) is 24.3 Å². The molecular formula is C8H17NOS. The minimum Gasteiger partial charge on any atom is -0.299 e. The van der Waals surface area contributed by atoms with E-state index in [4.69, 9.17) is 4.84 Å². The minimum atomic E-state index is 0.904. The lowest BCUT2D eigenvalue weighted by atomic mass is 10.4. The zero-order valence-corrected chi connectivity index (χ0v) is 8.03. The molecule has 1 fully saturated rings. The Kier molecular flexibility index (Phi) is 4.99. The van der Waals surface area contributed by atoms with Crippen LogP contribution >= 0.6 is 11.8 Å². The normalized spacial score (nSPS) is 20.5. The highest BCUT2D eigenvalue weighted by Gasteiger charge is 2.09. The molecule has 1 heterocycles. The van der Waals surface area contributed by atoms with Gasteiger partial charge in [0.2, 0.25) is 0 Å². The van der Waals surface area contributed by atoms with Crippen LogP contribution in [0.2, 0.25) is 0 Å². The average Bonchev–Trinajstić information content (AvgIpc) is 2.07. The molecule has 0 aromatic rings. The zero-order valence-electron chi connectivity index (χ0n) is 7.21. The summed E-state index contributed by atoms with van der Waals surface area (Å²) in [6.45, 7) is 5.30. The van der Waals surface area contributed by atoms with Crippen molar-refractivity contribution in [2.24, 2.45) is 0 Å². The summed E-state index contributed by atoms with van der Waals surface area (Å²) in [6.07, 6.45) is 2.41. The second-order valence-electron chi connectivity index (χ2n) is 2.73. The van der Waals surface area contributed by atoms with Crippen molar-refractivity contribution in [1.82, 2.24) is 5.06 Å². The topological polar surface area (TPSA) is 12.5 Å². The Hall–Kier alpha value is 0.270. The molecular weight excluding hydrogens is 158 g/mol. The third-order valence-electron chi connectivity index (χ3n) is 1.74. The van der Waals surface area contributed by atoms with Gasteiger partial charge in [0.05, 0.1) is 6.61 Å². The number of rotatable bonds is 4. The summed E-state index contributed by atoms with van der Waals surface area (Å²) in [5, 5.41) is 2.10. The number of hydrogen-bond acceptors (Lipinski definition) is 3. The maximum atomic E-state index is 5.54. The first kappa shape index (κ1) is 9.36. The van der Waals surface area contributed by atoms with Crippen LogP contribution in [0.4, 0.5) is 0 Å². The van der Waals surface area contributed by atoms with E-state index in [1.54, 1.807) is 0 Å². The first-order valence-electron chi connectivity index (χ1n) is 4.39. The van der Waals surface area contributed by atoms with Crippen molar-refractivity contribution < 1.29 is 4.84 Å². The fourth-order valence-corrected chi connectivity index (χ4v) is 1.88. The van der Waals surface area contributed by atoms with Crippen LogP contribution in [0.5, 0.6) is 0 Å². The largest absolute Gasteiger partial charge is 0.299 e. The summed E-state index contributed by atoms with van der Waals surface area (Å²) < 4.78 is 0. The molecule has 0 aliphatic carbocycles. The Morgan fingerprint density at radius 1 is 1.36 bits per heavy atom. The number of nitrogens with zero attached hydrogens (tertiary/aromatic N) is 1. The fourth-order valence-electron chi connectivity index (χ4n) is 1.01. The maximum absolute atomic E-state index is 5.54. The van der Waals surface area contributed by atoms with Gasteiger partial charge in [0, 0.05) is 24.6 Å². The summed E-state index contributed by atoms with van der Waals surface area (Å²) in [7, 11) is 0. The second kappa shape index (κ2) is 5.86. The highest BCUT2D eigenvalue weighted by molar-refractivity contribution is 7.99. The third-order valence-corrected chi connectivity index (χ3v) is 2.68. The number of hydrogen-bond donors (Lipinski definition) is 0. The molecule has 0 aromatic carbocycles. The van der Waals surface area contributed by atoms with Gasteiger partial charge in [0.1, 0.15) is 0 Å². The Balaban J connectivity index is 1.96. The maximum Gasteiger partial charge on any atom is 0.0685 e. The third kappa shape index (κ3) is 3.99. The standard InChI is InChI=1S/C8H17NOS/c1-2-3-6-10-9-4-7-11-8-5-9/h2-8H2,1H3. The van der Waals surface area contributed by atoms with Crippen LogP contribution in [-0.2, 0) is 4.84 Å². The smallest absolute Gasteiger partial charge is 0.0685 e. The van der Waals surface area contributed by atoms with Crippen molar-refractivity contribution in [3.05, 3.63) is 0 Å². The summed E-state index contributed by atoms with van der Waals surface area (Å²) >= 11 is 2.02. The van der Waals surface area contributed by atoms with Gasteiger partial charge in [-0.2, -0.15) is 16.8 Å². The van der Waals surface area contributed by atoms with Gasteiger partial charge < -0.3 is 0 Å². The monoisotopic (exact) mass is 175 g/mol. The molecule has 0 spiro atoms. The van der Waals surface area contributed by atoms with Gasteiger partial charge in [0.25, 0.3) is 0 Å². The lowest BCUT2D eigenvalue weighted by Crippen LogP contribution is -2.32. The Morgan fingerprint density at radius 2 is 2.09 bits per heavy atom. The molecule has 0 amide bonds. The number of thioether (sulfide) groups is 1. The van der Waals surface area contributed by atoms with E-state index in [0.717, 1.165) is 19.7 Å². The van der Waals surface area contributed by atoms with Gasteiger partial charge in [0.15, 0.2) is 0 Å². The van der Waals surface area contributed by atoms with Crippen molar-refractivity contribution in [1.29, 1.82) is 0 Å². The Morgan fingerprint density at radius 3 is 2.73 bits per heavy atom. The summed E-state index contributed by atoms with van der Waals surface area (Å²) in [6, 6.07) is 0. The van der Waals surface area contributed by atoms with E-state index >= 15 is 0 Å². The van der Waals surface area contributed by atoms with E-state index in [0.29, 0.717) is 0 Å². The van der Waals surface area contributed by atoms with E-state index in [9.17, 15) is 0 Å². The molecule has 0 unspecified atom stereocenters. The van der Waals surface area contributed by atoms with Gasteiger partial charge in [-0.05, 0) is 6.42 Å². The molecule has 66 valence electrons. The highest BCUT2D eigenvalue weighted by Crippen LogP contribution is 2.09. The molecule has 3 heteroatoms. The molecule has 0 aromatic heterocycles. The molecule has 1 saturated heterocycles. The second-order valence-corrected chi connectivity index (χ2v) is 3.95. The summed E-state index contributed by atoms with van der Waals surface area (Å²) in [5.74, 6) is 2.46. The van der Waals surface area contributed by atoms with Gasteiger partial charge in [-0.3, -0.25) is 4.84 Å².